The van der Waals surface area contributed by atoms with Crippen molar-refractivity contribution in [1.82, 2.24) is 9.88 Å². The lowest BCUT2D eigenvalue weighted by Crippen LogP contribution is -2.65. The van der Waals surface area contributed by atoms with Crippen LogP contribution < -0.4 is 10.2 Å². The zero-order chi connectivity index (χ0) is 22.5. The predicted octanol–water partition coefficient (Wildman–Crippen LogP) is 5.11. The van der Waals surface area contributed by atoms with Crippen LogP contribution in [0.25, 0.3) is 11.1 Å². The van der Waals surface area contributed by atoms with E-state index in [4.69, 9.17) is 4.42 Å². The van der Waals surface area contributed by atoms with Crippen LogP contribution in [0.1, 0.15) is 67.1 Å². The third-order valence-electron chi connectivity index (χ3n) is 7.18. The first kappa shape index (κ1) is 20.9. The van der Waals surface area contributed by atoms with Crippen LogP contribution in [0.2, 0.25) is 0 Å². The predicted molar refractivity (Wildman–Crippen MR) is 125 cm³/mol. The molecule has 0 radical (unpaired) electrons. The minimum absolute atomic E-state index is 0.0891. The smallest absolute Gasteiger partial charge is 0.276 e. The first-order chi connectivity index (χ1) is 15.4. The van der Waals surface area contributed by atoms with Crippen LogP contribution in [-0.2, 0) is 11.3 Å². The van der Waals surface area contributed by atoms with Gasteiger partial charge in [0.2, 0.25) is 5.91 Å². The van der Waals surface area contributed by atoms with Crippen molar-refractivity contribution in [3.63, 3.8) is 0 Å². The Bertz CT molecular complexity index is 1180. The van der Waals surface area contributed by atoms with Gasteiger partial charge in [-0.2, -0.15) is 0 Å². The Balaban J connectivity index is 1.60. The van der Waals surface area contributed by atoms with Gasteiger partial charge in [-0.25, -0.2) is 0 Å². The van der Waals surface area contributed by atoms with Gasteiger partial charge in [-0.1, -0.05) is 43.4 Å². The average Bonchev–Trinajstić information content (AvgIpc) is 3.24. The monoisotopic (exact) mass is 433 g/mol. The van der Waals surface area contributed by atoms with Crippen LogP contribution >= 0.6 is 0 Å². The van der Waals surface area contributed by atoms with Crippen LogP contribution in [0, 0.1) is 13.8 Å². The molecule has 0 saturated heterocycles. The number of aryl methyl sites for hydroxylation is 2. The van der Waals surface area contributed by atoms with Gasteiger partial charge in [0.25, 0.3) is 5.91 Å². The molecule has 1 N–H and O–H groups in total. The quantitative estimate of drug-likeness (QED) is 0.584. The zero-order valence-electron chi connectivity index (χ0n) is 19.1. The van der Waals surface area contributed by atoms with E-state index in [2.05, 4.69) is 11.4 Å². The second-order valence-corrected chi connectivity index (χ2v) is 9.65. The normalized spacial score (nSPS) is 22.1. The second kappa shape index (κ2) is 7.84. The number of aromatic nitrogens is 1. The number of carbonyl (C=O) groups excluding carboxylic acids is 2. The molecule has 1 aromatic carbocycles. The lowest BCUT2D eigenvalue weighted by Gasteiger charge is -2.45. The summed E-state index contributed by atoms with van der Waals surface area (Å²) >= 11 is 0. The fraction of sp³-hybridized carbons (Fsp3) is 0.462. The molecule has 6 nitrogen and oxygen atoms in total. The Morgan fingerprint density at radius 1 is 1.09 bits per heavy atom. The Morgan fingerprint density at radius 2 is 1.84 bits per heavy atom. The summed E-state index contributed by atoms with van der Waals surface area (Å²) in [5, 5.41) is 3.32. The number of hydrogen-bond donors (Lipinski definition) is 1. The molecule has 0 spiro atoms. The summed E-state index contributed by atoms with van der Waals surface area (Å²) in [7, 11) is 0. The molecule has 0 bridgehead atoms. The summed E-state index contributed by atoms with van der Waals surface area (Å²) < 4.78 is 7.51. The van der Waals surface area contributed by atoms with Crippen molar-refractivity contribution < 1.29 is 14.0 Å². The van der Waals surface area contributed by atoms with Gasteiger partial charge in [0.1, 0.15) is 11.2 Å². The van der Waals surface area contributed by atoms with Gasteiger partial charge in [-0.05, 0) is 45.2 Å². The summed E-state index contributed by atoms with van der Waals surface area (Å²) in [6.45, 7) is 6.30. The van der Waals surface area contributed by atoms with E-state index >= 15 is 0 Å². The lowest BCUT2D eigenvalue weighted by atomic mass is 9.92. The number of nitrogens with one attached hydrogen (secondary N) is 1. The number of hydrogen-bond acceptors (Lipinski definition) is 3. The van der Waals surface area contributed by atoms with E-state index in [0.29, 0.717) is 17.8 Å². The Morgan fingerprint density at radius 3 is 2.56 bits per heavy atom. The second-order valence-electron chi connectivity index (χ2n) is 9.65. The van der Waals surface area contributed by atoms with Crippen molar-refractivity contribution >= 4 is 28.6 Å². The molecule has 1 atom stereocenters. The zero-order valence-corrected chi connectivity index (χ0v) is 19.1. The first-order valence-electron chi connectivity index (χ1n) is 11.7. The minimum Gasteiger partial charge on any atom is -0.463 e. The third-order valence-corrected chi connectivity index (χ3v) is 7.18. The van der Waals surface area contributed by atoms with Crippen molar-refractivity contribution in [2.75, 3.05) is 4.90 Å². The van der Waals surface area contributed by atoms with Crippen molar-refractivity contribution in [3.05, 3.63) is 53.4 Å². The van der Waals surface area contributed by atoms with Crippen molar-refractivity contribution in [2.45, 2.75) is 77.4 Å². The molecule has 5 rings (SSSR count). The molecule has 1 saturated carbocycles. The molecule has 3 heterocycles. The van der Waals surface area contributed by atoms with Crippen LogP contribution in [0.15, 0.2) is 41.0 Å². The molecular weight excluding hydrogens is 402 g/mol. The van der Waals surface area contributed by atoms with Crippen molar-refractivity contribution in [3.8, 4) is 0 Å². The van der Waals surface area contributed by atoms with E-state index in [1.807, 2.05) is 43.5 Å². The molecule has 6 heteroatoms. The summed E-state index contributed by atoms with van der Waals surface area (Å²) in [6, 6.07) is 9.84. The van der Waals surface area contributed by atoms with E-state index in [0.717, 1.165) is 48.0 Å². The van der Waals surface area contributed by atoms with Crippen LogP contribution in [0.3, 0.4) is 0 Å². The summed E-state index contributed by atoms with van der Waals surface area (Å²) in [5.74, 6) is -0.262. The van der Waals surface area contributed by atoms with Gasteiger partial charge in [0, 0.05) is 23.9 Å². The van der Waals surface area contributed by atoms with Gasteiger partial charge >= 0.3 is 0 Å². The van der Waals surface area contributed by atoms with E-state index in [-0.39, 0.29) is 17.9 Å². The fourth-order valence-electron chi connectivity index (χ4n) is 5.41. The number of carbonyl (C=O) groups is 2. The molecule has 1 aliphatic carbocycles. The van der Waals surface area contributed by atoms with Gasteiger partial charge in [-0.3, -0.25) is 14.5 Å². The first-order valence-corrected chi connectivity index (χ1v) is 11.7. The molecule has 2 aliphatic rings. The Hall–Kier alpha value is -3.02. The molecule has 2 aromatic heterocycles. The van der Waals surface area contributed by atoms with E-state index in [1.54, 1.807) is 17.2 Å². The van der Waals surface area contributed by atoms with Gasteiger partial charge in [0.05, 0.1) is 18.3 Å². The Labute approximate surface area is 188 Å². The standard InChI is InChI=1S/C26H31N3O3/c1-17-10-11-20(18(2)14-17)29-24(30)22-15-23-21(12-13-32-23)28(22)16-26(29,3)25(31)27-19-8-6-4-5-7-9-19/h10-15,19H,4-9,16H2,1-3H3,(H,27,31)/t26-/m0/s1. The van der Waals surface area contributed by atoms with E-state index in [9.17, 15) is 9.59 Å². The maximum absolute atomic E-state index is 13.9. The number of fused-ring (bicyclic) bond motifs is 3. The highest BCUT2D eigenvalue weighted by Crippen LogP contribution is 2.38. The highest BCUT2D eigenvalue weighted by Gasteiger charge is 2.49. The molecular formula is C26H31N3O3. The molecule has 168 valence electrons. The third kappa shape index (κ3) is 3.33. The minimum atomic E-state index is -1.06. The van der Waals surface area contributed by atoms with E-state index in [1.165, 1.54) is 12.8 Å². The van der Waals surface area contributed by atoms with Gasteiger partial charge in [0.15, 0.2) is 5.58 Å². The van der Waals surface area contributed by atoms with Crippen LogP contribution in [0.5, 0.6) is 0 Å². The molecule has 1 fully saturated rings. The molecule has 2 amide bonds. The van der Waals surface area contributed by atoms with Gasteiger partial charge < -0.3 is 14.3 Å². The molecule has 32 heavy (non-hydrogen) atoms. The summed E-state index contributed by atoms with van der Waals surface area (Å²) in [4.78, 5) is 29.5. The summed E-state index contributed by atoms with van der Waals surface area (Å²) in [5.41, 5.74) is 3.91. The number of rotatable bonds is 3. The number of nitrogens with zero attached hydrogens (tertiary/aromatic N) is 2. The number of benzene rings is 1. The highest BCUT2D eigenvalue weighted by molar-refractivity contribution is 6.14. The number of anilines is 1. The highest BCUT2D eigenvalue weighted by atomic mass is 16.3. The SMILES string of the molecule is Cc1ccc(N2C(=O)c3cc4occc4n3C[C@@]2(C)C(=O)NC2CCCCCC2)c(C)c1. The average molecular weight is 434 g/mol. The summed E-state index contributed by atoms with van der Waals surface area (Å²) in [6.07, 6.45) is 8.35. The number of furan rings is 1. The maximum Gasteiger partial charge on any atom is 0.276 e. The molecule has 3 aromatic rings. The van der Waals surface area contributed by atoms with Gasteiger partial charge in [-0.15, -0.1) is 0 Å². The van der Waals surface area contributed by atoms with Crippen LogP contribution in [0.4, 0.5) is 5.69 Å². The molecule has 1 aliphatic heterocycles. The van der Waals surface area contributed by atoms with Crippen molar-refractivity contribution in [2.24, 2.45) is 0 Å². The molecule has 0 unspecified atom stereocenters. The topological polar surface area (TPSA) is 67.5 Å². The van der Waals surface area contributed by atoms with E-state index < -0.39 is 5.54 Å². The maximum atomic E-state index is 13.9. The largest absolute Gasteiger partial charge is 0.463 e. The fourth-order valence-corrected chi connectivity index (χ4v) is 5.41. The lowest BCUT2D eigenvalue weighted by molar-refractivity contribution is -0.127. The Kier molecular flexibility index (Phi) is 5.11. The van der Waals surface area contributed by atoms with Crippen molar-refractivity contribution in [1.29, 1.82) is 0 Å². The van der Waals surface area contributed by atoms with Crippen LogP contribution in [-0.4, -0.2) is 28.0 Å². The number of amides is 2.